The molecule has 0 aliphatic carbocycles. The van der Waals surface area contributed by atoms with Crippen LogP contribution in [0.1, 0.15) is 13.3 Å². The number of aldehydes is 1. The summed E-state index contributed by atoms with van der Waals surface area (Å²) in [6.45, 7) is 1.72. The fourth-order valence-corrected chi connectivity index (χ4v) is 1.25. The molecule has 3 N–H and O–H groups in total. The Morgan fingerprint density at radius 1 is 1.58 bits per heavy atom. The number of aliphatic hydroxyl groups is 3. The highest BCUT2D eigenvalue weighted by molar-refractivity contribution is 5.61. The molecule has 0 aromatic rings. The molecule has 0 bridgehead atoms. The topological polar surface area (TPSA) is 87.0 Å². The molecule has 0 spiro atoms. The van der Waals surface area contributed by atoms with Crippen molar-refractivity contribution in [3.63, 3.8) is 0 Å². The zero-order valence-corrected chi connectivity index (χ0v) is 6.67. The van der Waals surface area contributed by atoms with Crippen LogP contribution in [0.2, 0.25) is 0 Å². The molecule has 4 atom stereocenters. The molecular weight excluding hydrogens is 164 g/mol. The molecule has 1 saturated heterocycles. The third kappa shape index (κ3) is 1.25. The fourth-order valence-electron chi connectivity index (χ4n) is 1.25. The molecule has 5 nitrogen and oxygen atoms in total. The lowest BCUT2D eigenvalue weighted by Crippen LogP contribution is -2.44. The van der Waals surface area contributed by atoms with Crippen molar-refractivity contribution in [1.29, 1.82) is 0 Å². The van der Waals surface area contributed by atoms with Crippen molar-refractivity contribution in [2.45, 2.75) is 37.4 Å². The Labute approximate surface area is 69.6 Å². The summed E-state index contributed by atoms with van der Waals surface area (Å²) in [6, 6.07) is 0. The van der Waals surface area contributed by atoms with E-state index in [-0.39, 0.29) is 6.29 Å². The molecule has 1 fully saturated rings. The summed E-state index contributed by atoms with van der Waals surface area (Å²) < 4.78 is 4.76. The normalized spacial score (nSPS) is 47.8. The van der Waals surface area contributed by atoms with Gasteiger partial charge in [0.25, 0.3) is 5.79 Å². The zero-order valence-electron chi connectivity index (χ0n) is 6.67. The van der Waals surface area contributed by atoms with Crippen LogP contribution in [0.3, 0.4) is 0 Å². The first-order chi connectivity index (χ1) is 5.55. The van der Waals surface area contributed by atoms with Gasteiger partial charge in [-0.1, -0.05) is 6.92 Å². The minimum Gasteiger partial charge on any atom is -0.387 e. The Morgan fingerprint density at radius 3 is 2.42 bits per heavy atom. The molecule has 70 valence electrons. The van der Waals surface area contributed by atoms with Gasteiger partial charge in [-0.3, -0.25) is 4.79 Å². The molecule has 1 aliphatic heterocycles. The largest absolute Gasteiger partial charge is 0.387 e. The van der Waals surface area contributed by atoms with Crippen LogP contribution in [0.15, 0.2) is 0 Å². The molecule has 4 unspecified atom stereocenters. The number of aliphatic hydroxyl groups excluding tert-OH is 2. The molecule has 12 heavy (non-hydrogen) atoms. The van der Waals surface area contributed by atoms with E-state index in [0.29, 0.717) is 6.42 Å². The monoisotopic (exact) mass is 176 g/mol. The lowest BCUT2D eigenvalue weighted by atomic mass is 10.1. The van der Waals surface area contributed by atoms with Crippen LogP contribution in [-0.4, -0.2) is 45.7 Å². The van der Waals surface area contributed by atoms with Crippen LogP contribution in [0.25, 0.3) is 0 Å². The second-order valence-electron chi connectivity index (χ2n) is 2.87. The van der Waals surface area contributed by atoms with E-state index < -0.39 is 24.1 Å². The average molecular weight is 176 g/mol. The predicted octanol–water partition coefficient (Wildman–Crippen LogP) is -1.60. The molecule has 1 aliphatic rings. The lowest BCUT2D eigenvalue weighted by molar-refractivity contribution is -0.210. The number of hydrogen-bond acceptors (Lipinski definition) is 5. The van der Waals surface area contributed by atoms with E-state index in [1.54, 1.807) is 6.92 Å². The SMILES string of the molecule is CCC1OC(O)(C=O)C(O)C1O. The van der Waals surface area contributed by atoms with Gasteiger partial charge in [0.2, 0.25) is 0 Å². The maximum absolute atomic E-state index is 10.3. The summed E-state index contributed by atoms with van der Waals surface area (Å²) in [7, 11) is 0. The van der Waals surface area contributed by atoms with Crippen molar-refractivity contribution in [3.8, 4) is 0 Å². The maximum atomic E-state index is 10.3. The van der Waals surface area contributed by atoms with E-state index in [0.717, 1.165) is 0 Å². The highest BCUT2D eigenvalue weighted by atomic mass is 16.7. The lowest BCUT2D eigenvalue weighted by Gasteiger charge is -2.17. The Hall–Kier alpha value is -0.490. The van der Waals surface area contributed by atoms with Crippen molar-refractivity contribution in [1.82, 2.24) is 0 Å². The Balaban J connectivity index is 2.79. The molecule has 0 amide bonds. The Bertz CT molecular complexity index is 183. The second-order valence-corrected chi connectivity index (χ2v) is 2.87. The fraction of sp³-hybridized carbons (Fsp3) is 0.857. The Kier molecular flexibility index (Phi) is 2.48. The van der Waals surface area contributed by atoms with Gasteiger partial charge < -0.3 is 20.1 Å². The highest BCUT2D eigenvalue weighted by Crippen LogP contribution is 2.28. The second kappa shape index (κ2) is 3.10. The molecule has 0 radical (unpaired) electrons. The third-order valence-corrected chi connectivity index (χ3v) is 2.04. The van der Waals surface area contributed by atoms with Crippen molar-refractivity contribution < 1.29 is 24.9 Å². The summed E-state index contributed by atoms with van der Waals surface area (Å²) in [4.78, 5) is 10.3. The van der Waals surface area contributed by atoms with E-state index >= 15 is 0 Å². The summed E-state index contributed by atoms with van der Waals surface area (Å²) in [5.41, 5.74) is 0. The molecule has 0 aromatic carbocycles. The van der Waals surface area contributed by atoms with Gasteiger partial charge in [-0.05, 0) is 6.42 Å². The summed E-state index contributed by atoms with van der Waals surface area (Å²) in [5, 5.41) is 27.6. The molecule has 1 rings (SSSR count). The standard InChI is InChI=1S/C7H12O5/c1-2-4-5(9)6(10)7(11,3-8)12-4/h3-6,9-11H,2H2,1H3. The number of rotatable bonds is 2. The smallest absolute Gasteiger partial charge is 0.253 e. The van der Waals surface area contributed by atoms with Crippen LogP contribution in [0, 0.1) is 0 Å². The van der Waals surface area contributed by atoms with Gasteiger partial charge in [-0.25, -0.2) is 0 Å². The minimum atomic E-state index is -2.24. The predicted molar refractivity (Wildman–Crippen MR) is 38.2 cm³/mol. The zero-order chi connectivity index (χ0) is 9.35. The molecule has 1 heterocycles. The van der Waals surface area contributed by atoms with E-state index in [9.17, 15) is 15.0 Å². The quantitative estimate of drug-likeness (QED) is 0.441. The van der Waals surface area contributed by atoms with Crippen LogP contribution in [-0.2, 0) is 9.53 Å². The summed E-state index contributed by atoms with van der Waals surface area (Å²) in [6.07, 6.45) is -2.93. The number of hydrogen-bond donors (Lipinski definition) is 3. The van der Waals surface area contributed by atoms with E-state index in [4.69, 9.17) is 9.84 Å². The summed E-state index contributed by atoms with van der Waals surface area (Å²) >= 11 is 0. The van der Waals surface area contributed by atoms with E-state index in [2.05, 4.69) is 0 Å². The molecular formula is C7H12O5. The summed E-state index contributed by atoms with van der Waals surface area (Å²) in [5.74, 6) is -2.24. The highest BCUT2D eigenvalue weighted by Gasteiger charge is 2.52. The van der Waals surface area contributed by atoms with Crippen molar-refractivity contribution in [3.05, 3.63) is 0 Å². The van der Waals surface area contributed by atoms with E-state index in [1.807, 2.05) is 0 Å². The van der Waals surface area contributed by atoms with Gasteiger partial charge >= 0.3 is 0 Å². The van der Waals surface area contributed by atoms with Crippen LogP contribution < -0.4 is 0 Å². The van der Waals surface area contributed by atoms with Crippen LogP contribution >= 0.6 is 0 Å². The van der Waals surface area contributed by atoms with Gasteiger partial charge in [0.15, 0.2) is 6.29 Å². The average Bonchev–Trinajstić information content (AvgIpc) is 2.31. The molecule has 0 aromatic heterocycles. The van der Waals surface area contributed by atoms with Crippen LogP contribution in [0.4, 0.5) is 0 Å². The maximum Gasteiger partial charge on any atom is 0.253 e. The van der Waals surface area contributed by atoms with Crippen molar-refractivity contribution >= 4 is 6.29 Å². The van der Waals surface area contributed by atoms with Crippen LogP contribution in [0.5, 0.6) is 0 Å². The van der Waals surface area contributed by atoms with Gasteiger partial charge in [-0.15, -0.1) is 0 Å². The van der Waals surface area contributed by atoms with Gasteiger partial charge in [-0.2, -0.15) is 0 Å². The first-order valence-electron chi connectivity index (χ1n) is 3.77. The molecule has 5 heteroatoms. The first kappa shape index (κ1) is 9.60. The Morgan fingerprint density at radius 2 is 2.17 bits per heavy atom. The minimum absolute atomic E-state index is 0.0938. The van der Waals surface area contributed by atoms with Crippen molar-refractivity contribution in [2.24, 2.45) is 0 Å². The van der Waals surface area contributed by atoms with E-state index in [1.165, 1.54) is 0 Å². The number of carbonyl (C=O) groups is 1. The number of ether oxygens (including phenoxy) is 1. The third-order valence-electron chi connectivity index (χ3n) is 2.04. The number of carbonyl (C=O) groups excluding carboxylic acids is 1. The van der Waals surface area contributed by atoms with Gasteiger partial charge in [0, 0.05) is 0 Å². The van der Waals surface area contributed by atoms with Gasteiger partial charge in [0.05, 0.1) is 6.10 Å². The van der Waals surface area contributed by atoms with Gasteiger partial charge in [0.1, 0.15) is 12.2 Å². The molecule has 0 saturated carbocycles. The van der Waals surface area contributed by atoms with Crippen molar-refractivity contribution in [2.75, 3.05) is 0 Å². The first-order valence-corrected chi connectivity index (χ1v) is 3.77.